The molecule has 1 saturated heterocycles. The highest BCUT2D eigenvalue weighted by molar-refractivity contribution is 6.59. The van der Waals surface area contributed by atoms with Crippen molar-refractivity contribution in [3.8, 4) is 16.9 Å². The van der Waals surface area contributed by atoms with Crippen LogP contribution >= 0.6 is 0 Å². The zero-order valence-corrected chi connectivity index (χ0v) is 16.8. The summed E-state index contributed by atoms with van der Waals surface area (Å²) in [4.78, 5) is 0. The van der Waals surface area contributed by atoms with Crippen molar-refractivity contribution < 1.29 is 26.7 Å². The fourth-order valence-electron chi connectivity index (χ4n) is 4.09. The van der Waals surface area contributed by atoms with E-state index in [1.807, 2.05) is 6.07 Å². The predicted molar refractivity (Wildman–Crippen MR) is 102 cm³/mol. The van der Waals surface area contributed by atoms with Gasteiger partial charge in [0.25, 0.3) is 0 Å². The maximum atomic E-state index is 14.7. The van der Waals surface area contributed by atoms with Gasteiger partial charge in [0.2, 0.25) is 0 Å². The molecule has 1 fully saturated rings. The summed E-state index contributed by atoms with van der Waals surface area (Å²) in [6.45, 7) is 2.22. The molecule has 28 heavy (non-hydrogen) atoms. The largest absolute Gasteiger partial charge is 0.573 e. The van der Waals surface area contributed by atoms with Gasteiger partial charge >= 0.3 is 6.36 Å². The zero-order valence-electron chi connectivity index (χ0n) is 15.7. The number of hydrogen-bond donors (Lipinski definition) is 0. The third kappa shape index (κ3) is 5.13. The number of rotatable bonds is 5. The van der Waals surface area contributed by atoms with E-state index >= 15 is 0 Å². The molecule has 2 aromatic rings. The molecule has 2 aromatic carbocycles. The highest BCUT2D eigenvalue weighted by Crippen LogP contribution is 2.37. The summed E-state index contributed by atoms with van der Waals surface area (Å²) in [6, 6.07) is 11.8. The van der Waals surface area contributed by atoms with E-state index < -0.39 is 32.5 Å². The summed E-state index contributed by atoms with van der Waals surface area (Å²) in [5.41, 5.74) is 1.29. The standard InChI is InChI=1S/C21H23F5OSi/c1-2-9-28-10-7-14(8-11-28)15-3-5-17(18(22)12-15)16-4-6-20(19(23)13-16)27-21(24,25)26/h3-6,12-14,28H,2,7-11H2,1H3/t14-,28-. The number of benzene rings is 2. The molecule has 0 spiro atoms. The van der Waals surface area contributed by atoms with Crippen molar-refractivity contribution in [2.75, 3.05) is 0 Å². The lowest BCUT2D eigenvalue weighted by Gasteiger charge is -2.28. The molecule has 0 unspecified atom stereocenters. The summed E-state index contributed by atoms with van der Waals surface area (Å²) >= 11 is 0. The normalized spacial score (nSPS) is 20.2. The van der Waals surface area contributed by atoms with Crippen LogP contribution in [0, 0.1) is 11.6 Å². The molecule has 0 atom stereocenters. The number of alkyl halides is 3. The van der Waals surface area contributed by atoms with Crippen LogP contribution in [0.25, 0.3) is 11.1 Å². The van der Waals surface area contributed by atoms with Gasteiger partial charge in [-0.25, -0.2) is 8.78 Å². The first-order chi connectivity index (χ1) is 13.3. The number of halogens is 5. The Balaban J connectivity index is 1.75. The maximum Gasteiger partial charge on any atom is 0.573 e. The lowest BCUT2D eigenvalue weighted by molar-refractivity contribution is -0.275. The van der Waals surface area contributed by atoms with Crippen LogP contribution < -0.4 is 4.74 Å². The van der Waals surface area contributed by atoms with Gasteiger partial charge in [0, 0.05) is 14.4 Å². The van der Waals surface area contributed by atoms with Gasteiger partial charge in [-0.2, -0.15) is 0 Å². The third-order valence-corrected chi connectivity index (χ3v) is 9.17. The van der Waals surface area contributed by atoms with Crippen molar-refractivity contribution in [1.29, 1.82) is 0 Å². The van der Waals surface area contributed by atoms with Crippen LogP contribution in [0.3, 0.4) is 0 Å². The van der Waals surface area contributed by atoms with Crippen LogP contribution in [0.5, 0.6) is 5.75 Å². The van der Waals surface area contributed by atoms with Gasteiger partial charge in [0.1, 0.15) is 5.82 Å². The molecule has 1 aliphatic rings. The van der Waals surface area contributed by atoms with Gasteiger partial charge in [0.05, 0.1) is 0 Å². The first kappa shape index (κ1) is 20.8. The van der Waals surface area contributed by atoms with E-state index in [9.17, 15) is 22.0 Å². The van der Waals surface area contributed by atoms with E-state index in [0.29, 0.717) is 5.92 Å². The Hall–Kier alpha value is -1.89. The van der Waals surface area contributed by atoms with Crippen molar-refractivity contribution >= 4 is 8.80 Å². The first-order valence-corrected chi connectivity index (χ1v) is 12.1. The lowest BCUT2D eigenvalue weighted by atomic mass is 9.91. The van der Waals surface area contributed by atoms with Crippen molar-refractivity contribution in [1.82, 2.24) is 0 Å². The Morgan fingerprint density at radius 1 is 1.00 bits per heavy atom. The highest BCUT2D eigenvalue weighted by atomic mass is 28.3. The Labute approximate surface area is 163 Å². The summed E-state index contributed by atoms with van der Waals surface area (Å²) in [7, 11) is -0.613. The predicted octanol–water partition coefficient (Wildman–Crippen LogP) is 7.04. The Bertz CT molecular complexity index is 813. The van der Waals surface area contributed by atoms with Gasteiger partial charge in [0.15, 0.2) is 11.6 Å². The van der Waals surface area contributed by atoms with E-state index in [1.165, 1.54) is 36.7 Å². The van der Waals surface area contributed by atoms with E-state index in [0.717, 1.165) is 30.5 Å². The molecule has 0 amide bonds. The van der Waals surface area contributed by atoms with Crippen LogP contribution in [-0.2, 0) is 0 Å². The van der Waals surface area contributed by atoms with Gasteiger partial charge in [-0.3, -0.25) is 0 Å². The molecule has 3 rings (SSSR count). The summed E-state index contributed by atoms with van der Waals surface area (Å²) in [6.07, 6.45) is -1.55. The fourth-order valence-corrected chi connectivity index (χ4v) is 7.52. The number of ether oxygens (including phenoxy) is 1. The van der Waals surface area contributed by atoms with Crippen LogP contribution in [0.4, 0.5) is 22.0 Å². The highest BCUT2D eigenvalue weighted by Gasteiger charge is 2.32. The summed E-state index contributed by atoms with van der Waals surface area (Å²) < 4.78 is 69.0. The van der Waals surface area contributed by atoms with Crippen molar-refractivity contribution in [3.05, 3.63) is 53.6 Å². The van der Waals surface area contributed by atoms with Crippen LogP contribution in [0.2, 0.25) is 18.1 Å². The van der Waals surface area contributed by atoms with E-state index in [1.54, 1.807) is 6.07 Å². The Kier molecular flexibility index (Phi) is 6.42. The average Bonchev–Trinajstić information content (AvgIpc) is 2.63. The Morgan fingerprint density at radius 2 is 1.71 bits per heavy atom. The van der Waals surface area contributed by atoms with Gasteiger partial charge in [-0.1, -0.05) is 49.7 Å². The van der Waals surface area contributed by atoms with E-state index in [-0.39, 0.29) is 11.1 Å². The third-order valence-electron chi connectivity index (χ3n) is 5.48. The summed E-state index contributed by atoms with van der Waals surface area (Å²) in [5.74, 6) is -2.25. The SMILES string of the molecule is CCC[Si@H]1CC[C@H](c2ccc(-c3ccc(OC(F)(F)F)c(F)c3)c(F)c2)CC1. The molecule has 0 bridgehead atoms. The van der Waals surface area contributed by atoms with E-state index in [2.05, 4.69) is 11.7 Å². The molecule has 0 N–H and O–H groups in total. The monoisotopic (exact) mass is 414 g/mol. The average molecular weight is 414 g/mol. The second-order valence-electron chi connectivity index (χ2n) is 7.44. The molecular weight excluding hydrogens is 391 g/mol. The summed E-state index contributed by atoms with van der Waals surface area (Å²) in [5, 5.41) is 0. The molecule has 1 nitrogen and oxygen atoms in total. The Morgan fingerprint density at radius 3 is 2.29 bits per heavy atom. The van der Waals surface area contributed by atoms with Crippen LogP contribution in [0.1, 0.15) is 37.7 Å². The molecule has 0 aliphatic carbocycles. The topological polar surface area (TPSA) is 9.23 Å². The van der Waals surface area contributed by atoms with Crippen molar-refractivity contribution in [2.45, 2.75) is 56.6 Å². The van der Waals surface area contributed by atoms with Gasteiger partial charge in [-0.15, -0.1) is 13.2 Å². The quantitative estimate of drug-likeness (QED) is 0.376. The molecule has 152 valence electrons. The van der Waals surface area contributed by atoms with Crippen LogP contribution in [-0.4, -0.2) is 15.2 Å². The minimum atomic E-state index is -4.98. The lowest BCUT2D eigenvalue weighted by Crippen LogP contribution is -2.20. The smallest absolute Gasteiger partial charge is 0.403 e. The molecular formula is C21H23F5OSi. The minimum Gasteiger partial charge on any atom is -0.403 e. The fraction of sp³-hybridized carbons (Fsp3) is 0.429. The molecule has 1 aliphatic heterocycles. The second kappa shape index (κ2) is 8.63. The molecule has 0 aromatic heterocycles. The molecule has 1 heterocycles. The minimum absolute atomic E-state index is 0.162. The molecule has 0 saturated carbocycles. The first-order valence-electron chi connectivity index (χ1n) is 9.62. The van der Waals surface area contributed by atoms with E-state index in [4.69, 9.17) is 0 Å². The number of hydrogen-bond acceptors (Lipinski definition) is 1. The van der Waals surface area contributed by atoms with Gasteiger partial charge < -0.3 is 4.74 Å². The maximum absolute atomic E-state index is 14.7. The molecule has 7 heteroatoms. The van der Waals surface area contributed by atoms with Crippen LogP contribution in [0.15, 0.2) is 36.4 Å². The van der Waals surface area contributed by atoms with Gasteiger partial charge in [-0.05, 0) is 48.1 Å². The second-order valence-corrected chi connectivity index (χ2v) is 10.9. The zero-order chi connectivity index (χ0) is 20.3. The molecule has 0 radical (unpaired) electrons. The van der Waals surface area contributed by atoms with Crippen molar-refractivity contribution in [2.24, 2.45) is 0 Å². The van der Waals surface area contributed by atoms with Crippen molar-refractivity contribution in [3.63, 3.8) is 0 Å².